The van der Waals surface area contributed by atoms with Gasteiger partial charge in [-0.3, -0.25) is 9.59 Å². The van der Waals surface area contributed by atoms with Crippen molar-refractivity contribution in [3.8, 4) is 0 Å². The summed E-state index contributed by atoms with van der Waals surface area (Å²) in [5.41, 5.74) is 0. The highest BCUT2D eigenvalue weighted by molar-refractivity contribution is 5.90. The zero-order valence-corrected chi connectivity index (χ0v) is 9.09. The Kier molecular flexibility index (Phi) is 8.61. The van der Waals surface area contributed by atoms with Crippen LogP contribution in [0.2, 0.25) is 0 Å². The molecule has 0 aromatic heterocycles. The molecule has 0 heterocycles. The molecule has 0 aromatic carbocycles. The maximum absolute atomic E-state index is 10.9. The monoisotopic (exact) mass is 250 g/mol. The van der Waals surface area contributed by atoms with Crippen LogP contribution in [0.1, 0.15) is 6.42 Å². The maximum Gasteiger partial charge on any atom is 0.332 e. The highest BCUT2D eigenvalue weighted by Gasteiger charge is 2.09. The Morgan fingerprint density at radius 3 is 2.06 bits per heavy atom. The van der Waals surface area contributed by atoms with E-state index in [4.69, 9.17) is 10.2 Å². The molecule has 0 saturated carbocycles. The van der Waals surface area contributed by atoms with Gasteiger partial charge in [-0.05, 0) is 0 Å². The number of aliphatic carboxylic acids is 1. The zero-order valence-electron chi connectivity index (χ0n) is 9.09. The molecule has 0 bridgehead atoms. The Bertz CT molecular complexity index is 262. The van der Waals surface area contributed by atoms with Crippen LogP contribution in [-0.4, -0.2) is 61.2 Å². The minimum atomic E-state index is -1.29. The number of esters is 2. The van der Waals surface area contributed by atoms with Crippen LogP contribution >= 0.6 is 0 Å². The molecule has 8 nitrogen and oxygen atoms in total. The summed E-state index contributed by atoms with van der Waals surface area (Å²) in [6.45, 7) is -0.850. The Morgan fingerprint density at radius 1 is 0.941 bits per heavy atom. The summed E-state index contributed by atoms with van der Waals surface area (Å²) in [5, 5.41) is 16.6. The highest BCUT2D eigenvalue weighted by Crippen LogP contribution is 1.88. The van der Waals surface area contributed by atoms with Crippen LogP contribution in [0, 0.1) is 0 Å². The van der Waals surface area contributed by atoms with Gasteiger partial charge in [0.15, 0.2) is 0 Å². The van der Waals surface area contributed by atoms with E-state index in [0.29, 0.717) is 0 Å². The molecular weight excluding hydrogens is 236 g/mol. The topological polar surface area (TPSA) is 119 Å². The van der Waals surface area contributed by atoms with Gasteiger partial charge in [0.2, 0.25) is 0 Å². The number of aliphatic hydroxyl groups excluding tert-OH is 1. The van der Waals surface area contributed by atoms with Gasteiger partial charge in [-0.1, -0.05) is 0 Å². The average Bonchev–Trinajstić information content (AvgIpc) is 2.24. The predicted molar refractivity (Wildman–Crippen MR) is 52.1 cm³/mol. The number of carbonyl (C=O) groups excluding carboxylic acids is 2. The molecule has 17 heavy (non-hydrogen) atoms. The van der Waals surface area contributed by atoms with Crippen molar-refractivity contribution < 1.29 is 38.8 Å². The molecule has 0 rings (SSSR count). The number of carboxylic acids is 1. The number of aliphatic hydroxyl groups is 1. The summed E-state index contributed by atoms with van der Waals surface area (Å²) >= 11 is 0. The molecule has 0 spiro atoms. The fourth-order valence-electron chi connectivity index (χ4n) is 0.747. The van der Waals surface area contributed by atoms with Crippen molar-refractivity contribution in [1.82, 2.24) is 0 Å². The highest BCUT2D eigenvalue weighted by atomic mass is 16.6. The summed E-state index contributed by atoms with van der Waals surface area (Å²) < 4.78 is 13.7. The third kappa shape index (κ3) is 10.6. The smallest absolute Gasteiger partial charge is 0.332 e. The number of ether oxygens (including phenoxy) is 3. The molecule has 2 N–H and O–H groups in total. The summed E-state index contributed by atoms with van der Waals surface area (Å²) in [6.07, 6.45) is -0.729. The lowest BCUT2D eigenvalue weighted by Crippen LogP contribution is -2.19. The van der Waals surface area contributed by atoms with Crippen molar-refractivity contribution >= 4 is 17.9 Å². The Morgan fingerprint density at radius 2 is 1.53 bits per heavy atom. The summed E-state index contributed by atoms with van der Waals surface area (Å²) in [4.78, 5) is 31.7. The molecule has 0 atom stereocenters. The van der Waals surface area contributed by atoms with Crippen molar-refractivity contribution in [2.75, 3.05) is 33.0 Å². The minimum Gasteiger partial charge on any atom is -0.481 e. The fourth-order valence-corrected chi connectivity index (χ4v) is 0.747. The van der Waals surface area contributed by atoms with E-state index < -0.39 is 24.3 Å². The lowest BCUT2D eigenvalue weighted by Gasteiger charge is -2.05. The van der Waals surface area contributed by atoms with Gasteiger partial charge in [-0.25, -0.2) is 4.79 Å². The van der Waals surface area contributed by atoms with Gasteiger partial charge >= 0.3 is 17.9 Å². The van der Waals surface area contributed by atoms with Gasteiger partial charge in [0.25, 0.3) is 0 Å². The average molecular weight is 250 g/mol. The molecule has 0 radical (unpaired) electrons. The molecule has 0 unspecified atom stereocenters. The van der Waals surface area contributed by atoms with Gasteiger partial charge in [-0.15, -0.1) is 0 Å². The van der Waals surface area contributed by atoms with Crippen molar-refractivity contribution in [2.24, 2.45) is 0 Å². The van der Waals surface area contributed by atoms with Gasteiger partial charge in [-0.2, -0.15) is 0 Å². The van der Waals surface area contributed by atoms with Crippen LogP contribution in [0.3, 0.4) is 0 Å². The SMILES string of the molecule is O=C(O)CC(=O)OCCOC(=O)COCCO. The molecule has 0 saturated heterocycles. The molecule has 0 aliphatic carbocycles. The lowest BCUT2D eigenvalue weighted by molar-refractivity contribution is -0.158. The third-order valence-corrected chi connectivity index (χ3v) is 1.36. The minimum absolute atomic E-state index is 0.0305. The number of rotatable bonds is 9. The second kappa shape index (κ2) is 9.55. The first kappa shape index (κ1) is 15.3. The van der Waals surface area contributed by atoms with Crippen LogP contribution in [0.15, 0.2) is 0 Å². The van der Waals surface area contributed by atoms with E-state index in [2.05, 4.69) is 14.2 Å². The van der Waals surface area contributed by atoms with Crippen LogP contribution in [-0.2, 0) is 28.6 Å². The van der Waals surface area contributed by atoms with Gasteiger partial charge in [0.05, 0.1) is 13.2 Å². The Labute approximate surface area is 97.1 Å². The lowest BCUT2D eigenvalue weighted by atomic mass is 10.4. The van der Waals surface area contributed by atoms with Crippen molar-refractivity contribution in [2.45, 2.75) is 6.42 Å². The Balaban J connectivity index is 3.41. The van der Waals surface area contributed by atoms with Crippen LogP contribution in [0.25, 0.3) is 0 Å². The number of carbonyl (C=O) groups is 3. The first-order chi connectivity index (χ1) is 8.06. The first-order valence-corrected chi connectivity index (χ1v) is 4.78. The molecule has 0 amide bonds. The van der Waals surface area contributed by atoms with E-state index in [9.17, 15) is 14.4 Å². The van der Waals surface area contributed by atoms with Crippen molar-refractivity contribution in [1.29, 1.82) is 0 Å². The second-order valence-corrected chi connectivity index (χ2v) is 2.79. The molecule has 0 aromatic rings. The van der Waals surface area contributed by atoms with E-state index in [0.717, 1.165) is 0 Å². The van der Waals surface area contributed by atoms with Crippen molar-refractivity contribution in [3.05, 3.63) is 0 Å². The summed E-state index contributed by atoms with van der Waals surface area (Å²) in [5.74, 6) is -2.85. The molecule has 8 heteroatoms. The van der Waals surface area contributed by atoms with Crippen LogP contribution in [0.4, 0.5) is 0 Å². The predicted octanol–water partition coefficient (Wildman–Crippen LogP) is -1.44. The van der Waals surface area contributed by atoms with Gasteiger partial charge in [0, 0.05) is 0 Å². The van der Waals surface area contributed by atoms with E-state index >= 15 is 0 Å². The summed E-state index contributed by atoms with van der Waals surface area (Å²) in [7, 11) is 0. The standard InChI is InChI=1S/C9H14O8/c10-1-2-15-6-9(14)17-4-3-16-8(13)5-7(11)12/h10H,1-6H2,(H,11,12). The molecule has 0 aliphatic rings. The third-order valence-electron chi connectivity index (χ3n) is 1.36. The molecule has 98 valence electrons. The quantitative estimate of drug-likeness (QED) is 0.290. The fraction of sp³-hybridized carbons (Fsp3) is 0.667. The van der Waals surface area contributed by atoms with E-state index in [-0.39, 0.29) is 33.0 Å². The second-order valence-electron chi connectivity index (χ2n) is 2.79. The number of carboxylic acid groups (broad SMARTS) is 1. The molecule has 0 aliphatic heterocycles. The van der Waals surface area contributed by atoms with Crippen LogP contribution in [0.5, 0.6) is 0 Å². The maximum atomic E-state index is 10.9. The van der Waals surface area contributed by atoms with E-state index in [1.54, 1.807) is 0 Å². The number of hydrogen-bond acceptors (Lipinski definition) is 7. The van der Waals surface area contributed by atoms with Gasteiger partial charge in [0.1, 0.15) is 26.2 Å². The van der Waals surface area contributed by atoms with E-state index in [1.807, 2.05) is 0 Å². The first-order valence-electron chi connectivity index (χ1n) is 4.78. The largest absolute Gasteiger partial charge is 0.481 e. The van der Waals surface area contributed by atoms with Crippen molar-refractivity contribution in [3.63, 3.8) is 0 Å². The van der Waals surface area contributed by atoms with E-state index in [1.165, 1.54) is 0 Å². The molecule has 0 fully saturated rings. The number of hydrogen-bond donors (Lipinski definition) is 2. The zero-order chi connectivity index (χ0) is 13.1. The normalized spacial score (nSPS) is 9.71. The van der Waals surface area contributed by atoms with Gasteiger partial charge < -0.3 is 24.4 Å². The van der Waals surface area contributed by atoms with Crippen LogP contribution < -0.4 is 0 Å². The summed E-state index contributed by atoms with van der Waals surface area (Å²) in [6, 6.07) is 0. The Hall–Kier alpha value is -1.67. The molecular formula is C9H14O8.